The number of carboxylic acids is 1. The zero-order valence-electron chi connectivity index (χ0n) is 15.0. The number of carboxylic acid groups (broad SMARTS) is 1. The van der Waals surface area contributed by atoms with E-state index in [1.54, 1.807) is 30.3 Å². The highest BCUT2D eigenvalue weighted by Crippen LogP contribution is 2.38. The van der Waals surface area contributed by atoms with E-state index in [2.05, 4.69) is 0 Å². The number of nitrogens with two attached hydrogens (primary N) is 1. The topological polar surface area (TPSA) is 72.6 Å². The van der Waals surface area contributed by atoms with Gasteiger partial charge in [0.1, 0.15) is 17.7 Å². The van der Waals surface area contributed by atoms with Gasteiger partial charge in [0.15, 0.2) is 11.6 Å². The molecule has 0 amide bonds. The normalized spacial score (nSPS) is 18.1. The molecular formula is C22H16F3NO3. The molecule has 148 valence electrons. The van der Waals surface area contributed by atoms with Gasteiger partial charge >= 0.3 is 5.97 Å². The Morgan fingerprint density at radius 1 is 0.966 bits per heavy atom. The van der Waals surface area contributed by atoms with Gasteiger partial charge in [-0.25, -0.2) is 18.0 Å². The average molecular weight is 399 g/mol. The van der Waals surface area contributed by atoms with Gasteiger partial charge in [0.05, 0.1) is 11.6 Å². The molecule has 29 heavy (non-hydrogen) atoms. The largest absolute Gasteiger partial charge is 0.484 e. The third-order valence-electron chi connectivity index (χ3n) is 4.95. The molecule has 0 radical (unpaired) electrons. The number of carbonyl (C=O) groups is 1. The lowest BCUT2D eigenvalue weighted by atomic mass is 9.91. The Balaban J connectivity index is 1.67. The van der Waals surface area contributed by atoms with Crippen molar-refractivity contribution in [3.63, 3.8) is 0 Å². The maximum atomic E-state index is 14.2. The number of rotatable bonds is 3. The number of fused-ring (bicyclic) bond motifs is 1. The molecule has 0 unspecified atom stereocenters. The van der Waals surface area contributed by atoms with E-state index in [1.165, 1.54) is 6.07 Å². The summed E-state index contributed by atoms with van der Waals surface area (Å²) < 4.78 is 46.8. The maximum absolute atomic E-state index is 14.2. The van der Waals surface area contributed by atoms with Crippen LogP contribution in [-0.2, 0) is 6.42 Å². The summed E-state index contributed by atoms with van der Waals surface area (Å²) >= 11 is 0. The fourth-order valence-electron chi connectivity index (χ4n) is 3.50. The molecule has 0 saturated carbocycles. The van der Waals surface area contributed by atoms with Crippen molar-refractivity contribution in [2.24, 2.45) is 5.73 Å². The number of aromatic carboxylic acids is 1. The Hall–Kier alpha value is -3.32. The Morgan fingerprint density at radius 2 is 1.69 bits per heavy atom. The van der Waals surface area contributed by atoms with Crippen LogP contribution in [0.15, 0.2) is 54.6 Å². The summed E-state index contributed by atoms with van der Waals surface area (Å²) in [5.74, 6) is -3.93. The van der Waals surface area contributed by atoms with Gasteiger partial charge in [-0.3, -0.25) is 0 Å². The number of benzene rings is 3. The first-order chi connectivity index (χ1) is 13.8. The molecule has 7 heteroatoms. The van der Waals surface area contributed by atoms with Crippen LogP contribution in [0.3, 0.4) is 0 Å². The number of ether oxygens (including phenoxy) is 1. The van der Waals surface area contributed by atoms with Crippen LogP contribution in [0.5, 0.6) is 5.75 Å². The first kappa shape index (κ1) is 19.0. The lowest BCUT2D eigenvalue weighted by molar-refractivity contribution is 0.0697. The summed E-state index contributed by atoms with van der Waals surface area (Å²) in [5, 5.41) is 9.16. The number of halogens is 3. The van der Waals surface area contributed by atoms with E-state index in [4.69, 9.17) is 15.6 Å². The third-order valence-corrected chi connectivity index (χ3v) is 4.95. The van der Waals surface area contributed by atoms with E-state index in [9.17, 15) is 18.0 Å². The van der Waals surface area contributed by atoms with E-state index < -0.39 is 35.6 Å². The quantitative estimate of drug-likeness (QED) is 0.638. The van der Waals surface area contributed by atoms with E-state index in [0.29, 0.717) is 18.2 Å². The van der Waals surface area contributed by atoms with Gasteiger partial charge in [-0.2, -0.15) is 0 Å². The fourth-order valence-corrected chi connectivity index (χ4v) is 3.50. The standard InChI is InChI=1S/C22H16F3NO3/c23-16-10-18(25)17(24)9-15(16)21-19(26)8-14-7-12(4-5-20(14)29-21)11-2-1-3-13(6-11)22(27)28/h1-7,9-10,19,21H,8,26H2,(H,27,28)/t19-,21+/m1/s1. The maximum Gasteiger partial charge on any atom is 0.335 e. The second-order valence-corrected chi connectivity index (χ2v) is 6.90. The van der Waals surface area contributed by atoms with Crippen molar-refractivity contribution in [1.82, 2.24) is 0 Å². The van der Waals surface area contributed by atoms with Crippen LogP contribution in [0.4, 0.5) is 13.2 Å². The highest BCUT2D eigenvalue weighted by atomic mass is 19.2. The molecule has 0 fully saturated rings. The van der Waals surface area contributed by atoms with Crippen molar-refractivity contribution >= 4 is 5.97 Å². The number of hydrogen-bond donors (Lipinski definition) is 2. The van der Waals surface area contributed by atoms with Crippen LogP contribution in [0, 0.1) is 17.5 Å². The van der Waals surface area contributed by atoms with Crippen LogP contribution >= 0.6 is 0 Å². The molecule has 0 aromatic heterocycles. The second-order valence-electron chi connectivity index (χ2n) is 6.90. The van der Waals surface area contributed by atoms with Gasteiger partial charge in [-0.05, 0) is 53.4 Å². The molecule has 1 heterocycles. The zero-order valence-corrected chi connectivity index (χ0v) is 15.0. The van der Waals surface area contributed by atoms with Crippen LogP contribution in [0.25, 0.3) is 11.1 Å². The summed E-state index contributed by atoms with van der Waals surface area (Å²) in [5.41, 5.74) is 8.43. The smallest absolute Gasteiger partial charge is 0.335 e. The molecule has 3 aromatic rings. The fraction of sp³-hybridized carbons (Fsp3) is 0.136. The molecule has 3 aromatic carbocycles. The van der Waals surface area contributed by atoms with Crippen LogP contribution in [0.1, 0.15) is 27.6 Å². The van der Waals surface area contributed by atoms with Crippen molar-refractivity contribution in [2.75, 3.05) is 0 Å². The van der Waals surface area contributed by atoms with E-state index >= 15 is 0 Å². The van der Waals surface area contributed by atoms with Crippen molar-refractivity contribution < 1.29 is 27.8 Å². The Kier molecular flexibility index (Phi) is 4.76. The molecule has 4 nitrogen and oxygen atoms in total. The third kappa shape index (κ3) is 3.56. The Labute approximate surface area is 164 Å². The lowest BCUT2D eigenvalue weighted by Crippen LogP contribution is -2.38. The highest BCUT2D eigenvalue weighted by Gasteiger charge is 2.32. The van der Waals surface area contributed by atoms with E-state index in [-0.39, 0.29) is 11.1 Å². The van der Waals surface area contributed by atoms with Crippen LogP contribution < -0.4 is 10.5 Å². The van der Waals surface area contributed by atoms with Gasteiger partial charge in [-0.15, -0.1) is 0 Å². The van der Waals surface area contributed by atoms with Crippen LogP contribution in [-0.4, -0.2) is 17.1 Å². The van der Waals surface area contributed by atoms with E-state index in [1.807, 2.05) is 6.07 Å². The summed E-state index contributed by atoms with van der Waals surface area (Å²) in [6.45, 7) is 0. The minimum Gasteiger partial charge on any atom is -0.484 e. The molecular weight excluding hydrogens is 383 g/mol. The highest BCUT2D eigenvalue weighted by molar-refractivity contribution is 5.89. The predicted molar refractivity (Wildman–Crippen MR) is 100 cm³/mol. The number of hydrogen-bond acceptors (Lipinski definition) is 3. The summed E-state index contributed by atoms with van der Waals surface area (Å²) in [6, 6.07) is 12.3. The molecule has 0 spiro atoms. The first-order valence-corrected chi connectivity index (χ1v) is 8.87. The van der Waals surface area contributed by atoms with Crippen molar-refractivity contribution in [3.8, 4) is 16.9 Å². The molecule has 0 bridgehead atoms. The second kappa shape index (κ2) is 7.25. The SMILES string of the molecule is N[C@@H]1Cc2cc(-c3cccc(C(=O)O)c3)ccc2O[C@H]1c1cc(F)c(F)cc1F. The molecule has 1 aliphatic rings. The molecule has 2 atom stereocenters. The van der Waals surface area contributed by atoms with E-state index in [0.717, 1.165) is 22.8 Å². The molecule has 4 rings (SSSR count). The van der Waals surface area contributed by atoms with Gasteiger partial charge < -0.3 is 15.6 Å². The Bertz CT molecular complexity index is 1120. The zero-order chi connectivity index (χ0) is 20.7. The minimum absolute atomic E-state index is 0.139. The van der Waals surface area contributed by atoms with Crippen molar-refractivity contribution in [2.45, 2.75) is 18.6 Å². The Morgan fingerprint density at radius 3 is 2.45 bits per heavy atom. The van der Waals surface area contributed by atoms with Crippen molar-refractivity contribution in [1.29, 1.82) is 0 Å². The van der Waals surface area contributed by atoms with Gasteiger partial charge in [0.25, 0.3) is 0 Å². The van der Waals surface area contributed by atoms with Gasteiger partial charge in [0, 0.05) is 11.6 Å². The molecule has 3 N–H and O–H groups in total. The van der Waals surface area contributed by atoms with Crippen LogP contribution in [0.2, 0.25) is 0 Å². The monoisotopic (exact) mass is 399 g/mol. The molecule has 0 saturated heterocycles. The average Bonchev–Trinajstić information content (AvgIpc) is 2.70. The van der Waals surface area contributed by atoms with Crippen molar-refractivity contribution in [3.05, 3.63) is 88.7 Å². The molecule has 1 aliphatic heterocycles. The predicted octanol–water partition coefficient (Wildman–Crippen LogP) is 4.47. The summed E-state index contributed by atoms with van der Waals surface area (Å²) in [4.78, 5) is 11.2. The molecule has 0 aliphatic carbocycles. The minimum atomic E-state index is -1.27. The summed E-state index contributed by atoms with van der Waals surface area (Å²) in [7, 11) is 0. The van der Waals surface area contributed by atoms with Gasteiger partial charge in [-0.1, -0.05) is 18.2 Å². The first-order valence-electron chi connectivity index (χ1n) is 8.87. The lowest BCUT2D eigenvalue weighted by Gasteiger charge is -2.32. The summed E-state index contributed by atoms with van der Waals surface area (Å²) in [6.07, 6.45) is -0.635. The van der Waals surface area contributed by atoms with Gasteiger partial charge in [0.2, 0.25) is 0 Å².